The van der Waals surface area contributed by atoms with Gasteiger partial charge in [-0.2, -0.15) is 0 Å². The molecule has 1 aliphatic heterocycles. The minimum Gasteiger partial charge on any atom is -0.481 e. The summed E-state index contributed by atoms with van der Waals surface area (Å²) < 4.78 is 55.4. The number of carboxylic acids is 1. The normalized spacial score (nSPS) is 16.2. The van der Waals surface area contributed by atoms with E-state index >= 15 is 0 Å². The number of rotatable bonds is 4. The van der Waals surface area contributed by atoms with Crippen molar-refractivity contribution in [2.45, 2.75) is 18.9 Å². The molecule has 1 aliphatic rings. The monoisotopic (exact) mass is 367 g/mol. The van der Waals surface area contributed by atoms with E-state index in [1.165, 1.54) is 12.1 Å². The summed E-state index contributed by atoms with van der Waals surface area (Å²) in [6.45, 7) is 0.602. The molecule has 0 bridgehead atoms. The first-order valence-corrected chi connectivity index (χ1v) is 8.23. The van der Waals surface area contributed by atoms with E-state index in [0.717, 1.165) is 12.1 Å². The number of hydrogen-bond donors (Lipinski definition) is 1. The molecule has 0 aliphatic carbocycles. The lowest BCUT2D eigenvalue weighted by Crippen LogP contribution is -2.39. The molecule has 0 spiro atoms. The zero-order valence-electron chi connectivity index (χ0n) is 13.8. The maximum atomic E-state index is 14.4. The molecule has 1 fully saturated rings. The summed E-state index contributed by atoms with van der Waals surface area (Å²) in [5.41, 5.74) is 0.122. The minimum atomic E-state index is -0.901. The van der Waals surface area contributed by atoms with Gasteiger partial charge in [-0.3, -0.25) is 9.69 Å². The number of likely N-dealkylation sites (tertiary alicyclic amines) is 1. The van der Waals surface area contributed by atoms with Crippen molar-refractivity contribution >= 4 is 5.97 Å². The van der Waals surface area contributed by atoms with Crippen LogP contribution in [0, 0.1) is 29.2 Å². The van der Waals surface area contributed by atoms with Crippen molar-refractivity contribution in [2.75, 3.05) is 13.1 Å². The number of carbonyl (C=O) groups is 1. The lowest BCUT2D eigenvalue weighted by Gasteiger charge is -2.37. The van der Waals surface area contributed by atoms with Gasteiger partial charge in [0.1, 0.15) is 23.3 Å². The second-order valence-corrected chi connectivity index (χ2v) is 6.38. The zero-order chi connectivity index (χ0) is 18.8. The molecule has 0 aromatic heterocycles. The number of piperidine rings is 1. The Morgan fingerprint density at radius 2 is 1.38 bits per heavy atom. The second kappa shape index (κ2) is 7.45. The lowest BCUT2D eigenvalue weighted by molar-refractivity contribution is -0.143. The van der Waals surface area contributed by atoms with Crippen molar-refractivity contribution in [2.24, 2.45) is 5.92 Å². The Balaban J connectivity index is 2.01. The zero-order valence-corrected chi connectivity index (χ0v) is 13.8. The van der Waals surface area contributed by atoms with E-state index in [0.29, 0.717) is 38.1 Å². The Morgan fingerprint density at radius 1 is 0.923 bits per heavy atom. The number of carboxylic acid groups (broad SMARTS) is 1. The van der Waals surface area contributed by atoms with Crippen LogP contribution in [-0.4, -0.2) is 29.1 Å². The molecule has 0 radical (unpaired) electrons. The molecule has 2 aromatic carbocycles. The largest absolute Gasteiger partial charge is 0.481 e. The van der Waals surface area contributed by atoms with Crippen LogP contribution in [0.2, 0.25) is 0 Å². The van der Waals surface area contributed by atoms with E-state index < -0.39 is 41.2 Å². The van der Waals surface area contributed by atoms with Gasteiger partial charge in [0.05, 0.1) is 12.0 Å². The second-order valence-electron chi connectivity index (χ2n) is 6.38. The van der Waals surface area contributed by atoms with Crippen LogP contribution in [0.4, 0.5) is 17.6 Å². The van der Waals surface area contributed by atoms with Gasteiger partial charge in [-0.05, 0) is 38.1 Å². The Morgan fingerprint density at radius 3 is 1.77 bits per heavy atom. The molecule has 7 heteroatoms. The smallest absolute Gasteiger partial charge is 0.306 e. The van der Waals surface area contributed by atoms with Gasteiger partial charge in [0.15, 0.2) is 0 Å². The van der Waals surface area contributed by atoms with Crippen LogP contribution in [0.25, 0.3) is 0 Å². The van der Waals surface area contributed by atoms with Crippen molar-refractivity contribution in [1.82, 2.24) is 4.90 Å². The third-order valence-electron chi connectivity index (χ3n) is 4.76. The molecule has 1 heterocycles. The highest BCUT2D eigenvalue weighted by Crippen LogP contribution is 2.35. The molecular weight excluding hydrogens is 350 g/mol. The topological polar surface area (TPSA) is 40.5 Å². The summed E-state index contributed by atoms with van der Waals surface area (Å²) in [5, 5.41) is 9.12. The molecule has 0 atom stereocenters. The van der Waals surface area contributed by atoms with Crippen molar-refractivity contribution in [3.8, 4) is 0 Å². The summed E-state index contributed by atoms with van der Waals surface area (Å²) in [6.07, 6.45) is 0.662. The lowest BCUT2D eigenvalue weighted by atomic mass is 9.91. The SMILES string of the molecule is O=C(O)C1CCN(C(c2ccc(F)cc2F)c2ccc(F)cc2F)CC1. The summed E-state index contributed by atoms with van der Waals surface area (Å²) in [4.78, 5) is 12.9. The maximum Gasteiger partial charge on any atom is 0.306 e. The van der Waals surface area contributed by atoms with Crippen LogP contribution in [0.15, 0.2) is 36.4 Å². The molecule has 0 saturated carbocycles. The minimum absolute atomic E-state index is 0.0608. The van der Waals surface area contributed by atoms with E-state index in [1.54, 1.807) is 4.90 Å². The van der Waals surface area contributed by atoms with Crippen LogP contribution in [0.1, 0.15) is 30.0 Å². The van der Waals surface area contributed by atoms with Gasteiger partial charge < -0.3 is 5.11 Å². The molecule has 138 valence electrons. The number of hydrogen-bond acceptors (Lipinski definition) is 2. The fourth-order valence-electron chi connectivity index (χ4n) is 3.41. The van der Waals surface area contributed by atoms with Crippen LogP contribution in [-0.2, 0) is 4.79 Å². The van der Waals surface area contributed by atoms with Gasteiger partial charge in [-0.1, -0.05) is 12.1 Å². The molecule has 0 unspecified atom stereocenters. The number of nitrogens with zero attached hydrogens (tertiary/aromatic N) is 1. The maximum absolute atomic E-state index is 14.4. The van der Waals surface area contributed by atoms with Crippen molar-refractivity contribution in [3.63, 3.8) is 0 Å². The highest BCUT2D eigenvalue weighted by molar-refractivity contribution is 5.70. The Hall–Kier alpha value is -2.41. The van der Waals surface area contributed by atoms with Gasteiger partial charge in [0.2, 0.25) is 0 Å². The van der Waals surface area contributed by atoms with Gasteiger partial charge in [-0.25, -0.2) is 17.6 Å². The van der Waals surface area contributed by atoms with Gasteiger partial charge in [0, 0.05) is 23.3 Å². The average molecular weight is 367 g/mol. The summed E-state index contributed by atoms with van der Waals surface area (Å²) in [6, 6.07) is 5.17. The molecule has 26 heavy (non-hydrogen) atoms. The first-order chi connectivity index (χ1) is 12.4. The standard InChI is InChI=1S/C19H17F4NO2/c20-12-1-3-14(16(22)9-12)18(15-4-2-13(21)10-17(15)23)24-7-5-11(6-8-24)19(25)26/h1-4,9-11,18H,5-8H2,(H,25,26). The highest BCUT2D eigenvalue weighted by atomic mass is 19.1. The van der Waals surface area contributed by atoms with E-state index in [1.807, 2.05) is 0 Å². The molecular formula is C19H17F4NO2. The molecule has 2 aromatic rings. The fourth-order valence-corrected chi connectivity index (χ4v) is 3.41. The van der Waals surface area contributed by atoms with E-state index in [4.69, 9.17) is 5.11 Å². The first-order valence-electron chi connectivity index (χ1n) is 8.23. The molecule has 1 N–H and O–H groups in total. The highest BCUT2D eigenvalue weighted by Gasteiger charge is 2.32. The third-order valence-corrected chi connectivity index (χ3v) is 4.76. The van der Waals surface area contributed by atoms with Crippen LogP contribution in [0.3, 0.4) is 0 Å². The van der Waals surface area contributed by atoms with Crippen molar-refractivity contribution < 1.29 is 27.5 Å². The summed E-state index contributed by atoms with van der Waals surface area (Å²) in [7, 11) is 0. The number of halogens is 4. The quantitative estimate of drug-likeness (QED) is 0.826. The third kappa shape index (κ3) is 3.72. The van der Waals surface area contributed by atoms with Crippen LogP contribution in [0.5, 0.6) is 0 Å². The van der Waals surface area contributed by atoms with E-state index in [2.05, 4.69) is 0 Å². The van der Waals surface area contributed by atoms with Crippen LogP contribution >= 0.6 is 0 Å². The predicted octanol–water partition coefficient (Wildman–Crippen LogP) is 4.13. The Bertz CT molecular complexity index is 768. The first kappa shape index (κ1) is 18.4. The summed E-state index contributed by atoms with van der Waals surface area (Å²) >= 11 is 0. The van der Waals surface area contributed by atoms with Crippen molar-refractivity contribution in [1.29, 1.82) is 0 Å². The van der Waals surface area contributed by atoms with Gasteiger partial charge >= 0.3 is 5.97 Å². The molecule has 1 saturated heterocycles. The molecule has 3 nitrogen and oxygen atoms in total. The predicted molar refractivity (Wildman–Crippen MR) is 86.5 cm³/mol. The van der Waals surface area contributed by atoms with Gasteiger partial charge in [0.25, 0.3) is 0 Å². The summed E-state index contributed by atoms with van der Waals surface area (Å²) in [5.74, 6) is -4.59. The van der Waals surface area contributed by atoms with E-state index in [9.17, 15) is 22.4 Å². The number of aliphatic carboxylic acids is 1. The Kier molecular flexibility index (Phi) is 5.27. The van der Waals surface area contributed by atoms with Crippen LogP contribution < -0.4 is 0 Å². The average Bonchev–Trinajstić information content (AvgIpc) is 2.59. The fraction of sp³-hybridized carbons (Fsp3) is 0.316. The van der Waals surface area contributed by atoms with E-state index in [-0.39, 0.29) is 11.1 Å². The van der Waals surface area contributed by atoms with Crippen molar-refractivity contribution in [3.05, 3.63) is 70.8 Å². The Labute approximate surface area is 147 Å². The van der Waals surface area contributed by atoms with Gasteiger partial charge in [-0.15, -0.1) is 0 Å². The molecule has 3 rings (SSSR count). The molecule has 0 amide bonds. The number of benzene rings is 2.